The molecule has 96 valence electrons. The fourth-order valence-electron chi connectivity index (χ4n) is 1.74. The van der Waals surface area contributed by atoms with Gasteiger partial charge >= 0.3 is 5.97 Å². The van der Waals surface area contributed by atoms with Gasteiger partial charge in [0.15, 0.2) is 0 Å². The van der Waals surface area contributed by atoms with Crippen molar-refractivity contribution in [3.63, 3.8) is 0 Å². The fourth-order valence-corrected chi connectivity index (χ4v) is 1.74. The zero-order valence-corrected chi connectivity index (χ0v) is 10.4. The highest BCUT2D eigenvalue weighted by atomic mass is 16.5. The molecule has 0 aliphatic carbocycles. The van der Waals surface area contributed by atoms with Crippen molar-refractivity contribution in [1.82, 2.24) is 9.80 Å². The molecule has 0 N–H and O–H groups in total. The van der Waals surface area contributed by atoms with Crippen molar-refractivity contribution in [2.75, 3.05) is 27.2 Å². The Bertz CT molecular complexity index is 329. The molecule has 0 aromatic carbocycles. The topological polar surface area (TPSA) is 66.9 Å². The molecule has 0 aromatic rings. The van der Waals surface area contributed by atoms with Crippen LogP contribution in [0, 0.1) is 0 Å². The molecule has 6 nitrogen and oxygen atoms in total. The molecular weight excluding hydrogens is 224 g/mol. The third kappa shape index (κ3) is 3.26. The summed E-state index contributed by atoms with van der Waals surface area (Å²) in [4.78, 5) is 37.0. The number of hydrogen-bond acceptors (Lipinski definition) is 5. The molecule has 2 amide bonds. The van der Waals surface area contributed by atoms with Crippen molar-refractivity contribution in [2.45, 2.75) is 25.8 Å². The maximum Gasteiger partial charge on any atom is 0.307 e. The molecule has 1 saturated heterocycles. The van der Waals surface area contributed by atoms with E-state index in [1.54, 1.807) is 18.9 Å². The van der Waals surface area contributed by atoms with E-state index < -0.39 is 6.04 Å². The summed E-state index contributed by atoms with van der Waals surface area (Å²) in [5.41, 5.74) is 0. The smallest absolute Gasteiger partial charge is 0.307 e. The summed E-state index contributed by atoms with van der Waals surface area (Å²) < 4.78 is 4.80. The highest BCUT2D eigenvalue weighted by Gasteiger charge is 2.38. The van der Waals surface area contributed by atoms with Gasteiger partial charge in [0.25, 0.3) is 0 Å². The van der Waals surface area contributed by atoms with E-state index in [1.807, 2.05) is 0 Å². The first-order valence-electron chi connectivity index (χ1n) is 5.63. The third-order valence-electron chi connectivity index (χ3n) is 2.86. The number of likely N-dealkylation sites (tertiary alicyclic amines) is 1. The Labute approximate surface area is 101 Å². The van der Waals surface area contributed by atoms with Crippen molar-refractivity contribution in [2.24, 2.45) is 0 Å². The quantitative estimate of drug-likeness (QED) is 0.486. The average molecular weight is 242 g/mol. The predicted octanol–water partition coefficient (Wildman–Crippen LogP) is -0.371. The van der Waals surface area contributed by atoms with Crippen LogP contribution < -0.4 is 0 Å². The van der Waals surface area contributed by atoms with E-state index in [4.69, 9.17) is 4.74 Å². The van der Waals surface area contributed by atoms with E-state index in [2.05, 4.69) is 0 Å². The molecule has 6 heteroatoms. The van der Waals surface area contributed by atoms with E-state index >= 15 is 0 Å². The third-order valence-corrected chi connectivity index (χ3v) is 2.86. The lowest BCUT2D eigenvalue weighted by Gasteiger charge is -2.21. The van der Waals surface area contributed by atoms with Crippen LogP contribution in [0.4, 0.5) is 0 Å². The zero-order chi connectivity index (χ0) is 13.0. The van der Waals surface area contributed by atoms with Crippen LogP contribution in [0.15, 0.2) is 0 Å². The molecule has 0 saturated carbocycles. The van der Waals surface area contributed by atoms with Crippen molar-refractivity contribution in [3.05, 3.63) is 0 Å². The van der Waals surface area contributed by atoms with Gasteiger partial charge in [-0.05, 0) is 14.0 Å². The van der Waals surface area contributed by atoms with Crippen molar-refractivity contribution < 1.29 is 19.1 Å². The summed E-state index contributed by atoms with van der Waals surface area (Å²) in [6.45, 7) is 2.51. The van der Waals surface area contributed by atoms with E-state index in [-0.39, 0.29) is 30.6 Å². The van der Waals surface area contributed by atoms with E-state index in [9.17, 15) is 14.4 Å². The lowest BCUT2D eigenvalue weighted by Crippen LogP contribution is -2.39. The van der Waals surface area contributed by atoms with Crippen molar-refractivity contribution in [1.29, 1.82) is 0 Å². The number of amides is 2. The molecule has 0 aromatic heterocycles. The average Bonchev–Trinajstić information content (AvgIpc) is 2.54. The second kappa shape index (κ2) is 5.77. The number of rotatable bonds is 5. The minimum absolute atomic E-state index is 0.178. The van der Waals surface area contributed by atoms with Gasteiger partial charge in [-0.2, -0.15) is 0 Å². The molecule has 1 aliphatic rings. The van der Waals surface area contributed by atoms with Gasteiger partial charge in [-0.25, -0.2) is 0 Å². The van der Waals surface area contributed by atoms with Gasteiger partial charge in [0.2, 0.25) is 11.8 Å². The first-order chi connectivity index (χ1) is 7.97. The molecule has 0 bridgehead atoms. The Hall–Kier alpha value is -1.43. The predicted molar refractivity (Wildman–Crippen MR) is 60.1 cm³/mol. The Morgan fingerprint density at radius 3 is 2.65 bits per heavy atom. The fraction of sp³-hybridized carbons (Fsp3) is 0.727. The lowest BCUT2D eigenvalue weighted by atomic mass is 10.2. The van der Waals surface area contributed by atoms with Crippen LogP contribution in [0.2, 0.25) is 0 Å². The molecule has 1 fully saturated rings. The Morgan fingerprint density at radius 1 is 1.53 bits per heavy atom. The first kappa shape index (κ1) is 13.6. The van der Waals surface area contributed by atoms with Crippen LogP contribution in [0.25, 0.3) is 0 Å². The molecule has 17 heavy (non-hydrogen) atoms. The van der Waals surface area contributed by atoms with Crippen LogP contribution in [0.1, 0.15) is 19.8 Å². The van der Waals surface area contributed by atoms with E-state index in [0.29, 0.717) is 13.2 Å². The molecule has 0 radical (unpaired) electrons. The number of nitrogens with zero attached hydrogens (tertiary/aromatic N) is 2. The van der Waals surface area contributed by atoms with Gasteiger partial charge in [-0.15, -0.1) is 0 Å². The molecular formula is C11H18N2O4. The Morgan fingerprint density at radius 2 is 2.18 bits per heavy atom. The van der Waals surface area contributed by atoms with Crippen LogP contribution in [0.3, 0.4) is 0 Å². The number of imide groups is 1. The normalized spacial score (nSPS) is 20.2. The van der Waals surface area contributed by atoms with Gasteiger partial charge in [0.1, 0.15) is 0 Å². The lowest BCUT2D eigenvalue weighted by molar-refractivity contribution is -0.144. The molecule has 1 unspecified atom stereocenters. The monoisotopic (exact) mass is 242 g/mol. The number of esters is 1. The number of likely N-dealkylation sites (N-methyl/N-ethyl adjacent to an activating group) is 2. The summed E-state index contributed by atoms with van der Waals surface area (Å²) >= 11 is 0. The van der Waals surface area contributed by atoms with Crippen LogP contribution in [-0.2, 0) is 19.1 Å². The van der Waals surface area contributed by atoms with Crippen LogP contribution >= 0.6 is 0 Å². The van der Waals surface area contributed by atoms with E-state index in [0.717, 1.165) is 4.90 Å². The van der Waals surface area contributed by atoms with Gasteiger partial charge in [0.05, 0.1) is 25.5 Å². The van der Waals surface area contributed by atoms with Gasteiger partial charge in [-0.1, -0.05) is 0 Å². The molecule has 0 spiro atoms. The maximum atomic E-state index is 11.7. The van der Waals surface area contributed by atoms with E-state index in [1.165, 1.54) is 7.05 Å². The van der Waals surface area contributed by atoms with Crippen molar-refractivity contribution in [3.8, 4) is 0 Å². The second-order valence-corrected chi connectivity index (χ2v) is 4.05. The Balaban J connectivity index is 2.43. The highest BCUT2D eigenvalue weighted by Crippen LogP contribution is 2.16. The zero-order valence-electron chi connectivity index (χ0n) is 10.4. The van der Waals surface area contributed by atoms with Crippen molar-refractivity contribution >= 4 is 17.8 Å². The maximum absolute atomic E-state index is 11.7. The SMILES string of the molecule is CCOC(=O)CCN(C)C1CC(=O)N(C)C1=O. The summed E-state index contributed by atoms with van der Waals surface area (Å²) in [6, 6.07) is -0.443. The summed E-state index contributed by atoms with van der Waals surface area (Å²) in [5, 5.41) is 0. The molecule has 1 aliphatic heterocycles. The summed E-state index contributed by atoms with van der Waals surface area (Å²) in [6.07, 6.45) is 0.417. The molecule has 1 heterocycles. The number of ether oxygens (including phenoxy) is 1. The van der Waals surface area contributed by atoms with Crippen LogP contribution in [0.5, 0.6) is 0 Å². The number of carbonyl (C=O) groups excluding carboxylic acids is 3. The minimum atomic E-state index is -0.443. The largest absolute Gasteiger partial charge is 0.466 e. The first-order valence-corrected chi connectivity index (χ1v) is 5.63. The second-order valence-electron chi connectivity index (χ2n) is 4.05. The number of hydrogen-bond donors (Lipinski definition) is 0. The standard InChI is InChI=1S/C11H18N2O4/c1-4-17-10(15)5-6-12(2)8-7-9(14)13(3)11(8)16/h8H,4-7H2,1-3H3. The van der Waals surface area contributed by atoms with Gasteiger partial charge < -0.3 is 4.74 Å². The summed E-state index contributed by atoms with van der Waals surface area (Å²) in [7, 11) is 3.21. The van der Waals surface area contributed by atoms with Gasteiger partial charge in [-0.3, -0.25) is 24.2 Å². The number of carbonyl (C=O) groups is 3. The Kier molecular flexibility index (Phi) is 4.62. The van der Waals surface area contributed by atoms with Crippen LogP contribution in [-0.4, -0.2) is 60.9 Å². The molecule has 1 rings (SSSR count). The summed E-state index contributed by atoms with van der Waals surface area (Å²) in [5.74, 6) is -0.672. The molecule has 1 atom stereocenters. The van der Waals surface area contributed by atoms with Gasteiger partial charge in [0, 0.05) is 13.6 Å². The highest BCUT2D eigenvalue weighted by molar-refractivity contribution is 6.05. The minimum Gasteiger partial charge on any atom is -0.466 e.